The first-order valence-corrected chi connectivity index (χ1v) is 12.8. The molecule has 8 heteroatoms. The zero-order chi connectivity index (χ0) is 25.1. The van der Waals surface area contributed by atoms with Crippen LogP contribution < -0.4 is 15.5 Å². The lowest BCUT2D eigenvalue weighted by molar-refractivity contribution is -0.121. The zero-order valence-corrected chi connectivity index (χ0v) is 20.0. The van der Waals surface area contributed by atoms with Gasteiger partial charge in [-0.05, 0) is 48.0 Å². The lowest BCUT2D eigenvalue weighted by atomic mass is 10.1. The summed E-state index contributed by atoms with van der Waals surface area (Å²) in [6.07, 6.45) is 0. The van der Waals surface area contributed by atoms with Crippen LogP contribution in [0.25, 0.3) is 21.8 Å². The lowest BCUT2D eigenvalue weighted by Gasteiger charge is -2.16. The van der Waals surface area contributed by atoms with Gasteiger partial charge < -0.3 is 9.88 Å². The predicted molar refractivity (Wildman–Crippen MR) is 141 cm³/mol. The topological polar surface area (TPSA) is 97.3 Å². The third kappa shape index (κ3) is 4.58. The summed E-state index contributed by atoms with van der Waals surface area (Å²) >= 11 is 0. The van der Waals surface area contributed by atoms with Gasteiger partial charge in [0.25, 0.3) is 10.0 Å². The number of sulfonamides is 1. The maximum atomic E-state index is 13.0. The monoisotopic (exact) mass is 497 g/mol. The van der Waals surface area contributed by atoms with Crippen LogP contribution in [0.1, 0.15) is 5.56 Å². The van der Waals surface area contributed by atoms with Crippen LogP contribution in [0.3, 0.4) is 0 Å². The third-order valence-electron chi connectivity index (χ3n) is 5.97. The summed E-state index contributed by atoms with van der Waals surface area (Å²) < 4.78 is 30.0. The van der Waals surface area contributed by atoms with Crippen LogP contribution in [-0.2, 0) is 27.9 Å². The van der Waals surface area contributed by atoms with Gasteiger partial charge in [0.2, 0.25) is 5.91 Å². The molecule has 0 aliphatic heterocycles. The summed E-state index contributed by atoms with van der Waals surface area (Å²) in [6, 6.07) is 29.5. The van der Waals surface area contributed by atoms with Crippen molar-refractivity contribution in [2.75, 3.05) is 4.72 Å². The van der Waals surface area contributed by atoms with Gasteiger partial charge in [-0.25, -0.2) is 8.42 Å². The van der Waals surface area contributed by atoms with Crippen molar-refractivity contribution < 1.29 is 13.2 Å². The van der Waals surface area contributed by atoms with Gasteiger partial charge in [-0.1, -0.05) is 60.7 Å². The van der Waals surface area contributed by atoms with E-state index in [-0.39, 0.29) is 29.3 Å². The number of amides is 1. The maximum Gasteiger partial charge on any atom is 0.261 e. The standard InChI is InChI=1S/C28H23N3O4S/c32-27(19-31-25-16-8-5-13-22(25)28(33)23-14-6-9-17-26(23)31)29-18-20-10-4-7-15-24(20)30-36(34,35)21-11-2-1-3-12-21/h1-17,30H,18-19H2,(H,29,32). The number of para-hydroxylation sites is 3. The molecule has 0 unspecified atom stereocenters. The van der Waals surface area contributed by atoms with E-state index in [1.807, 2.05) is 28.8 Å². The van der Waals surface area contributed by atoms with E-state index in [0.29, 0.717) is 33.1 Å². The van der Waals surface area contributed by atoms with Gasteiger partial charge in [0.1, 0.15) is 6.54 Å². The van der Waals surface area contributed by atoms with E-state index >= 15 is 0 Å². The zero-order valence-electron chi connectivity index (χ0n) is 19.2. The Balaban J connectivity index is 1.39. The number of carbonyl (C=O) groups excluding carboxylic acids is 1. The number of nitrogens with one attached hydrogen (secondary N) is 2. The molecule has 0 fully saturated rings. The number of pyridine rings is 1. The number of benzene rings is 4. The number of anilines is 1. The highest BCUT2D eigenvalue weighted by molar-refractivity contribution is 7.92. The molecule has 36 heavy (non-hydrogen) atoms. The largest absolute Gasteiger partial charge is 0.350 e. The Labute approximate surface area is 208 Å². The molecule has 180 valence electrons. The highest BCUT2D eigenvalue weighted by atomic mass is 32.2. The van der Waals surface area contributed by atoms with Crippen molar-refractivity contribution in [3.05, 3.63) is 119 Å². The first-order chi connectivity index (χ1) is 17.4. The Morgan fingerprint density at radius 3 is 1.94 bits per heavy atom. The number of nitrogens with zero attached hydrogens (tertiary/aromatic N) is 1. The molecule has 0 saturated carbocycles. The molecule has 0 saturated heterocycles. The quantitative estimate of drug-likeness (QED) is 0.328. The van der Waals surface area contributed by atoms with Crippen molar-refractivity contribution in [3.8, 4) is 0 Å². The smallest absolute Gasteiger partial charge is 0.261 e. The van der Waals surface area contributed by atoms with Crippen LogP contribution in [0.5, 0.6) is 0 Å². The van der Waals surface area contributed by atoms with Gasteiger partial charge in [0.05, 0.1) is 21.6 Å². The van der Waals surface area contributed by atoms with E-state index in [1.54, 1.807) is 66.7 Å². The van der Waals surface area contributed by atoms with Gasteiger partial charge in [0, 0.05) is 17.3 Å². The average Bonchev–Trinajstić information content (AvgIpc) is 2.91. The minimum absolute atomic E-state index is 0.000778. The molecule has 5 aromatic rings. The average molecular weight is 498 g/mol. The molecule has 7 nitrogen and oxygen atoms in total. The first kappa shape index (κ1) is 23.3. The van der Waals surface area contributed by atoms with E-state index in [2.05, 4.69) is 10.0 Å². The van der Waals surface area contributed by atoms with Gasteiger partial charge in [-0.2, -0.15) is 0 Å². The molecule has 0 atom stereocenters. The molecule has 1 heterocycles. The fourth-order valence-electron chi connectivity index (χ4n) is 4.22. The summed E-state index contributed by atoms with van der Waals surface area (Å²) in [5, 5.41) is 3.98. The van der Waals surface area contributed by atoms with Crippen molar-refractivity contribution in [1.29, 1.82) is 0 Å². The SMILES string of the molecule is O=C(Cn1c2ccccc2c(=O)c2ccccc21)NCc1ccccc1NS(=O)(=O)c1ccccc1. The van der Waals surface area contributed by atoms with Crippen LogP contribution in [0.2, 0.25) is 0 Å². The fraction of sp³-hybridized carbons (Fsp3) is 0.0714. The molecule has 0 bridgehead atoms. The number of hydrogen-bond acceptors (Lipinski definition) is 4. The summed E-state index contributed by atoms with van der Waals surface area (Å²) in [7, 11) is -3.77. The van der Waals surface area contributed by atoms with Crippen LogP contribution in [0.15, 0.2) is 113 Å². The molecular weight excluding hydrogens is 474 g/mol. The molecule has 4 aromatic carbocycles. The minimum Gasteiger partial charge on any atom is -0.350 e. The first-order valence-electron chi connectivity index (χ1n) is 11.4. The van der Waals surface area contributed by atoms with Crippen molar-refractivity contribution in [1.82, 2.24) is 9.88 Å². The van der Waals surface area contributed by atoms with Crippen molar-refractivity contribution in [2.24, 2.45) is 0 Å². The van der Waals surface area contributed by atoms with Gasteiger partial charge in [-0.15, -0.1) is 0 Å². The molecule has 0 spiro atoms. The predicted octanol–water partition coefficient (Wildman–Crippen LogP) is 4.27. The Bertz CT molecular complexity index is 1690. The van der Waals surface area contributed by atoms with E-state index in [0.717, 1.165) is 0 Å². The summed E-state index contributed by atoms with van der Waals surface area (Å²) in [5.41, 5.74) is 2.29. The van der Waals surface area contributed by atoms with Crippen molar-refractivity contribution in [2.45, 2.75) is 18.0 Å². The number of aromatic nitrogens is 1. The summed E-state index contributed by atoms with van der Waals surface area (Å²) in [5.74, 6) is -0.269. The van der Waals surface area contributed by atoms with Crippen LogP contribution >= 0.6 is 0 Å². The Kier molecular flexibility index (Phi) is 6.26. The van der Waals surface area contributed by atoms with Gasteiger partial charge in [-0.3, -0.25) is 14.3 Å². The number of fused-ring (bicyclic) bond motifs is 2. The normalized spacial score (nSPS) is 11.4. The van der Waals surface area contributed by atoms with E-state index in [4.69, 9.17) is 0 Å². The molecule has 0 aliphatic rings. The number of hydrogen-bond donors (Lipinski definition) is 2. The van der Waals surface area contributed by atoms with Crippen LogP contribution in [0, 0.1) is 0 Å². The van der Waals surface area contributed by atoms with Crippen LogP contribution in [-0.4, -0.2) is 18.9 Å². The number of rotatable bonds is 7. The van der Waals surface area contributed by atoms with Gasteiger partial charge in [0.15, 0.2) is 5.43 Å². The second-order valence-electron chi connectivity index (χ2n) is 8.30. The second kappa shape index (κ2) is 9.67. The Morgan fingerprint density at radius 1 is 0.722 bits per heavy atom. The highest BCUT2D eigenvalue weighted by Crippen LogP contribution is 2.21. The Morgan fingerprint density at radius 2 is 1.28 bits per heavy atom. The molecule has 1 amide bonds. The van der Waals surface area contributed by atoms with Crippen molar-refractivity contribution >= 4 is 43.4 Å². The lowest BCUT2D eigenvalue weighted by Crippen LogP contribution is -2.28. The van der Waals surface area contributed by atoms with E-state index < -0.39 is 10.0 Å². The molecular formula is C28H23N3O4S. The van der Waals surface area contributed by atoms with Gasteiger partial charge >= 0.3 is 0 Å². The summed E-state index contributed by atoms with van der Waals surface area (Å²) in [4.78, 5) is 26.1. The fourth-order valence-corrected chi connectivity index (χ4v) is 5.34. The molecule has 5 rings (SSSR count). The second-order valence-corrected chi connectivity index (χ2v) is 9.98. The number of carbonyl (C=O) groups is 1. The molecule has 1 aromatic heterocycles. The Hall–Kier alpha value is -4.43. The van der Waals surface area contributed by atoms with E-state index in [9.17, 15) is 18.0 Å². The summed E-state index contributed by atoms with van der Waals surface area (Å²) in [6.45, 7) is 0.127. The van der Waals surface area contributed by atoms with Crippen molar-refractivity contribution in [3.63, 3.8) is 0 Å². The molecule has 0 radical (unpaired) electrons. The third-order valence-corrected chi connectivity index (χ3v) is 7.35. The highest BCUT2D eigenvalue weighted by Gasteiger charge is 2.16. The maximum absolute atomic E-state index is 13.0. The van der Waals surface area contributed by atoms with E-state index in [1.165, 1.54) is 12.1 Å². The molecule has 0 aliphatic carbocycles. The minimum atomic E-state index is -3.77. The van der Waals surface area contributed by atoms with Crippen LogP contribution in [0.4, 0.5) is 5.69 Å². The molecule has 2 N–H and O–H groups in total.